The van der Waals surface area contributed by atoms with E-state index in [4.69, 9.17) is 0 Å². The van der Waals surface area contributed by atoms with Gasteiger partial charge in [-0.25, -0.2) is 9.78 Å². The van der Waals surface area contributed by atoms with Gasteiger partial charge in [0.25, 0.3) is 0 Å². The fourth-order valence-electron chi connectivity index (χ4n) is 2.80. The molecule has 7 heteroatoms. The largest absolute Gasteiger partial charge is 0.466 e. The molecule has 7 nitrogen and oxygen atoms in total. The van der Waals surface area contributed by atoms with Crippen LogP contribution in [0.1, 0.15) is 51.1 Å². The lowest BCUT2D eigenvalue weighted by molar-refractivity contribution is -0.134. The second-order valence-corrected chi connectivity index (χ2v) is 6.13. The number of carbonyl (C=O) groups excluding carboxylic acids is 2. The Balaban J connectivity index is 1.90. The zero-order valence-electron chi connectivity index (χ0n) is 14.8. The molecule has 1 aromatic heterocycles. The van der Waals surface area contributed by atoms with Crippen molar-refractivity contribution in [3.8, 4) is 0 Å². The number of anilines is 1. The van der Waals surface area contributed by atoms with E-state index in [1.54, 1.807) is 6.20 Å². The van der Waals surface area contributed by atoms with E-state index in [2.05, 4.69) is 25.3 Å². The molecule has 1 aromatic rings. The Kier molecular flexibility index (Phi) is 7.37. The smallest absolute Gasteiger partial charge is 0.330 e. The van der Waals surface area contributed by atoms with Gasteiger partial charge < -0.3 is 15.4 Å². The molecular weight excluding hydrogens is 320 g/mol. The van der Waals surface area contributed by atoms with Crippen molar-refractivity contribution in [1.29, 1.82) is 0 Å². The topological polar surface area (TPSA) is 93.2 Å². The van der Waals surface area contributed by atoms with E-state index in [1.807, 2.05) is 6.92 Å². The summed E-state index contributed by atoms with van der Waals surface area (Å²) in [7, 11) is 1.31. The molecular formula is C18H26N4O3. The molecule has 1 saturated carbocycles. The number of nitrogens with one attached hydrogen (secondary N) is 2. The SMILES string of the molecule is CC[C@@H](Nc1cnc(/C=C/C(=O)OC)cn1)C(=O)NC1CCCCC1. The van der Waals surface area contributed by atoms with Crippen molar-refractivity contribution in [1.82, 2.24) is 15.3 Å². The van der Waals surface area contributed by atoms with Crippen LogP contribution in [0.4, 0.5) is 5.82 Å². The van der Waals surface area contributed by atoms with Crippen molar-refractivity contribution in [2.45, 2.75) is 57.5 Å². The maximum Gasteiger partial charge on any atom is 0.330 e. The number of methoxy groups -OCH3 is 1. The quantitative estimate of drug-likeness (QED) is 0.581. The van der Waals surface area contributed by atoms with Crippen LogP contribution in [-0.4, -0.2) is 41.0 Å². The van der Waals surface area contributed by atoms with Gasteiger partial charge in [0.1, 0.15) is 11.9 Å². The van der Waals surface area contributed by atoms with E-state index in [9.17, 15) is 9.59 Å². The highest BCUT2D eigenvalue weighted by Crippen LogP contribution is 2.18. The highest BCUT2D eigenvalue weighted by atomic mass is 16.5. The number of nitrogens with zero attached hydrogens (tertiary/aromatic N) is 2. The van der Waals surface area contributed by atoms with Crippen molar-refractivity contribution in [3.05, 3.63) is 24.2 Å². The van der Waals surface area contributed by atoms with Gasteiger partial charge >= 0.3 is 5.97 Å². The predicted octanol–water partition coefficient (Wildman–Crippen LogP) is 2.30. The standard InChI is InChI=1S/C18H26N4O3/c1-3-15(18(24)21-13-7-5-4-6-8-13)22-16-12-19-14(11-20-16)9-10-17(23)25-2/h9-13,15H,3-8H2,1-2H3,(H,20,22)(H,21,24)/b10-9+/t15-/m1/s1. The highest BCUT2D eigenvalue weighted by molar-refractivity contribution is 5.86. The summed E-state index contributed by atoms with van der Waals surface area (Å²) in [4.78, 5) is 31.9. The molecule has 1 amide bonds. The summed E-state index contributed by atoms with van der Waals surface area (Å²) < 4.78 is 4.52. The van der Waals surface area contributed by atoms with Crippen LogP contribution in [0.15, 0.2) is 18.5 Å². The zero-order chi connectivity index (χ0) is 18.1. The molecule has 0 radical (unpaired) electrons. The monoisotopic (exact) mass is 346 g/mol. The van der Waals surface area contributed by atoms with Gasteiger partial charge in [-0.2, -0.15) is 0 Å². The van der Waals surface area contributed by atoms with Crippen LogP contribution < -0.4 is 10.6 Å². The molecule has 25 heavy (non-hydrogen) atoms. The Morgan fingerprint density at radius 1 is 1.28 bits per heavy atom. The van der Waals surface area contributed by atoms with Crippen LogP contribution in [0.5, 0.6) is 0 Å². The summed E-state index contributed by atoms with van der Waals surface area (Å²) in [6.07, 6.45) is 12.3. The lowest BCUT2D eigenvalue weighted by Gasteiger charge is -2.25. The number of amides is 1. The fourth-order valence-corrected chi connectivity index (χ4v) is 2.80. The second-order valence-electron chi connectivity index (χ2n) is 6.13. The maximum absolute atomic E-state index is 12.4. The fraction of sp³-hybridized carbons (Fsp3) is 0.556. The minimum absolute atomic E-state index is 0.00543. The van der Waals surface area contributed by atoms with Crippen molar-refractivity contribution >= 4 is 23.8 Å². The highest BCUT2D eigenvalue weighted by Gasteiger charge is 2.21. The van der Waals surface area contributed by atoms with Gasteiger partial charge in [-0.3, -0.25) is 9.78 Å². The van der Waals surface area contributed by atoms with Gasteiger partial charge in [0, 0.05) is 12.1 Å². The molecule has 0 spiro atoms. The van der Waals surface area contributed by atoms with Crippen LogP contribution in [0, 0.1) is 0 Å². The average molecular weight is 346 g/mol. The maximum atomic E-state index is 12.4. The second kappa shape index (κ2) is 9.76. The summed E-state index contributed by atoms with van der Waals surface area (Å²) in [6.45, 7) is 1.96. The molecule has 1 aliphatic rings. The van der Waals surface area contributed by atoms with Crippen molar-refractivity contribution in [3.63, 3.8) is 0 Å². The van der Waals surface area contributed by atoms with Gasteiger partial charge in [0.15, 0.2) is 0 Å². The lowest BCUT2D eigenvalue weighted by Crippen LogP contribution is -2.45. The van der Waals surface area contributed by atoms with Crippen LogP contribution in [0.3, 0.4) is 0 Å². The first-order valence-electron chi connectivity index (χ1n) is 8.77. The zero-order valence-corrected chi connectivity index (χ0v) is 14.8. The van der Waals surface area contributed by atoms with Crippen LogP contribution in [0.25, 0.3) is 6.08 Å². The summed E-state index contributed by atoms with van der Waals surface area (Å²) >= 11 is 0. The molecule has 0 aromatic carbocycles. The van der Waals surface area contributed by atoms with Crippen molar-refractivity contribution in [2.75, 3.05) is 12.4 Å². The molecule has 1 aliphatic carbocycles. The number of esters is 1. The van der Waals surface area contributed by atoms with Crippen molar-refractivity contribution < 1.29 is 14.3 Å². The molecule has 2 rings (SSSR count). The Bertz CT molecular complexity index is 595. The first-order chi connectivity index (χ1) is 12.1. The Labute approximate surface area is 148 Å². The molecule has 0 saturated heterocycles. The predicted molar refractivity (Wildman–Crippen MR) is 95.8 cm³/mol. The third-order valence-corrected chi connectivity index (χ3v) is 4.26. The van der Waals surface area contributed by atoms with Gasteiger partial charge in [0.05, 0.1) is 25.2 Å². The van der Waals surface area contributed by atoms with E-state index in [1.165, 1.54) is 44.7 Å². The number of hydrogen-bond donors (Lipinski definition) is 2. The summed E-state index contributed by atoms with van der Waals surface area (Å²) in [6, 6.07) is -0.0540. The minimum atomic E-state index is -0.450. The molecule has 1 fully saturated rings. The van der Waals surface area contributed by atoms with Crippen LogP contribution >= 0.6 is 0 Å². The molecule has 0 aliphatic heterocycles. The number of aromatic nitrogens is 2. The third-order valence-electron chi connectivity index (χ3n) is 4.26. The average Bonchev–Trinajstić information content (AvgIpc) is 2.65. The lowest BCUT2D eigenvalue weighted by atomic mass is 9.95. The van der Waals surface area contributed by atoms with Gasteiger partial charge in [0.2, 0.25) is 5.91 Å². The molecule has 1 atom stereocenters. The van der Waals surface area contributed by atoms with Gasteiger partial charge in [-0.15, -0.1) is 0 Å². The van der Waals surface area contributed by atoms with Gasteiger partial charge in [-0.1, -0.05) is 26.2 Å². The summed E-state index contributed by atoms with van der Waals surface area (Å²) in [5.74, 6) is 0.0844. The number of hydrogen-bond acceptors (Lipinski definition) is 6. The molecule has 0 bridgehead atoms. The Morgan fingerprint density at radius 2 is 2.04 bits per heavy atom. The summed E-state index contributed by atoms with van der Waals surface area (Å²) in [5.41, 5.74) is 0.538. The van der Waals surface area contributed by atoms with Crippen LogP contribution in [0.2, 0.25) is 0 Å². The molecule has 136 valence electrons. The van der Waals surface area contributed by atoms with E-state index in [-0.39, 0.29) is 18.0 Å². The van der Waals surface area contributed by atoms with Gasteiger partial charge in [-0.05, 0) is 25.3 Å². The van der Waals surface area contributed by atoms with E-state index < -0.39 is 5.97 Å². The molecule has 2 N–H and O–H groups in total. The Hall–Kier alpha value is -2.44. The van der Waals surface area contributed by atoms with E-state index in [0.717, 1.165) is 12.8 Å². The van der Waals surface area contributed by atoms with E-state index in [0.29, 0.717) is 17.9 Å². The third kappa shape index (κ3) is 6.17. The van der Waals surface area contributed by atoms with E-state index >= 15 is 0 Å². The number of rotatable bonds is 7. The first-order valence-corrected chi connectivity index (χ1v) is 8.77. The normalized spacial score (nSPS) is 16.4. The number of carbonyl (C=O) groups is 2. The number of ether oxygens (including phenoxy) is 1. The molecule has 1 heterocycles. The van der Waals surface area contributed by atoms with Crippen molar-refractivity contribution in [2.24, 2.45) is 0 Å². The Morgan fingerprint density at radius 3 is 2.64 bits per heavy atom. The summed E-state index contributed by atoms with van der Waals surface area (Å²) in [5, 5.41) is 6.25. The van der Waals surface area contributed by atoms with Crippen LogP contribution in [-0.2, 0) is 14.3 Å². The molecule has 0 unspecified atom stereocenters. The minimum Gasteiger partial charge on any atom is -0.466 e. The first kappa shape index (κ1) is 18.9.